The van der Waals surface area contributed by atoms with Crippen molar-refractivity contribution in [3.8, 4) is 0 Å². The van der Waals surface area contributed by atoms with E-state index in [4.69, 9.17) is 14.2 Å². The molecule has 4 rings (SSSR count). The van der Waals surface area contributed by atoms with E-state index in [2.05, 4.69) is 38.0 Å². The highest BCUT2D eigenvalue weighted by atomic mass is 35.5. The van der Waals surface area contributed by atoms with E-state index in [1.165, 1.54) is 7.11 Å². The molecule has 4 aliphatic rings. The van der Waals surface area contributed by atoms with Gasteiger partial charge in [0.25, 0.3) is 0 Å². The summed E-state index contributed by atoms with van der Waals surface area (Å²) >= 11 is 0. The predicted octanol–water partition coefficient (Wildman–Crippen LogP) is 3.62. The summed E-state index contributed by atoms with van der Waals surface area (Å²) in [6.45, 7) is 13.1. The van der Waals surface area contributed by atoms with Gasteiger partial charge in [0.1, 0.15) is 24.1 Å². The van der Waals surface area contributed by atoms with Crippen molar-refractivity contribution in [3.05, 3.63) is 12.7 Å². The number of methoxy groups -OCH3 is 1. The molecule has 3 N–H and O–H groups in total. The van der Waals surface area contributed by atoms with Crippen molar-refractivity contribution in [1.82, 2.24) is 10.6 Å². The van der Waals surface area contributed by atoms with Crippen LogP contribution in [0.4, 0.5) is 9.59 Å². The molecule has 2 bridgehead atoms. The quantitative estimate of drug-likeness (QED) is 0.460. The summed E-state index contributed by atoms with van der Waals surface area (Å²) in [4.78, 5) is 38.9. The molecule has 1 heterocycles. The number of aliphatic hydroxyl groups excluding tert-OH is 1. The number of imide groups is 1. The number of aliphatic hydroxyl groups is 1. The normalized spacial score (nSPS) is 45.0. The van der Waals surface area contributed by atoms with Gasteiger partial charge in [-0.25, -0.2) is 14.9 Å². The summed E-state index contributed by atoms with van der Waals surface area (Å²) < 4.78 is 16.7. The summed E-state index contributed by atoms with van der Waals surface area (Å²) in [7, 11) is 1.54. The third-order valence-corrected chi connectivity index (χ3v) is 10.4. The summed E-state index contributed by atoms with van der Waals surface area (Å²) in [5.41, 5.74) is -1.75. The van der Waals surface area contributed by atoms with Crippen LogP contribution >= 0.6 is 12.4 Å². The van der Waals surface area contributed by atoms with E-state index in [1.807, 2.05) is 6.92 Å². The maximum absolute atomic E-state index is 13.4. The summed E-state index contributed by atoms with van der Waals surface area (Å²) in [6, 6.07) is 0. The molecular weight excluding hydrogens is 500 g/mol. The molecule has 210 valence electrons. The molecule has 0 aromatic rings. The van der Waals surface area contributed by atoms with Crippen LogP contribution in [0.3, 0.4) is 0 Å². The Hall–Kier alpha value is -1.68. The van der Waals surface area contributed by atoms with E-state index in [1.54, 1.807) is 6.08 Å². The second kappa shape index (κ2) is 10.8. The minimum atomic E-state index is -0.922. The number of hydrogen-bond acceptors (Lipinski definition) is 8. The molecule has 0 radical (unpaired) electrons. The standard InChI is InChI=1S/C27H42N2O7.ClH/c1-7-25(4)12-20(36-24(33)29-23(32)35-19-14-28-13-18(19)34-6)26(5)15(2)8-10-27(16(3)22(25)31)11-9-17(30)21(26)27;/h7,15-16,18-22,28,31H,1,8-14H2,2-6H3,(H,29,32,33);1H/t15?,16-,18-,19-,20+,21-,22-,25+,26+,27-;/m0./s1. The molecule has 0 aromatic carbocycles. The van der Waals surface area contributed by atoms with Gasteiger partial charge in [-0.05, 0) is 42.9 Å². The van der Waals surface area contributed by atoms with E-state index in [0.717, 1.165) is 19.3 Å². The minimum absolute atomic E-state index is 0. The van der Waals surface area contributed by atoms with Gasteiger partial charge in [0, 0.05) is 43.4 Å². The summed E-state index contributed by atoms with van der Waals surface area (Å²) in [5.74, 6) is -0.157. The van der Waals surface area contributed by atoms with Crippen molar-refractivity contribution in [3.63, 3.8) is 0 Å². The van der Waals surface area contributed by atoms with Gasteiger partial charge < -0.3 is 24.6 Å². The molecule has 3 aliphatic carbocycles. The Morgan fingerprint density at radius 1 is 1.14 bits per heavy atom. The Morgan fingerprint density at radius 2 is 1.78 bits per heavy atom. The van der Waals surface area contributed by atoms with Gasteiger partial charge in [0.05, 0.1) is 6.10 Å². The molecule has 1 unspecified atom stereocenters. The summed E-state index contributed by atoms with van der Waals surface area (Å²) in [5, 5.41) is 16.8. The molecule has 0 aromatic heterocycles. The molecule has 9 nitrogen and oxygen atoms in total. The van der Waals surface area contributed by atoms with Gasteiger partial charge >= 0.3 is 12.2 Å². The lowest BCUT2D eigenvalue weighted by Crippen LogP contribution is -2.63. The fourth-order valence-electron chi connectivity index (χ4n) is 7.89. The molecule has 0 spiro atoms. The highest BCUT2D eigenvalue weighted by molar-refractivity contribution is 5.88. The Bertz CT molecular complexity index is 917. The largest absolute Gasteiger partial charge is 0.445 e. The van der Waals surface area contributed by atoms with Crippen LogP contribution in [0.2, 0.25) is 0 Å². The highest BCUT2D eigenvalue weighted by Crippen LogP contribution is 2.67. The Balaban J connectivity index is 0.00000380. The first-order valence-corrected chi connectivity index (χ1v) is 13.2. The topological polar surface area (TPSA) is 123 Å². The number of alkyl carbamates (subject to hydrolysis) is 2. The van der Waals surface area contributed by atoms with Gasteiger partial charge in [-0.15, -0.1) is 19.0 Å². The average molecular weight is 543 g/mol. The molecule has 3 saturated carbocycles. The van der Waals surface area contributed by atoms with Crippen molar-refractivity contribution in [1.29, 1.82) is 0 Å². The second-order valence-electron chi connectivity index (χ2n) is 12.0. The van der Waals surface area contributed by atoms with E-state index in [-0.39, 0.29) is 47.5 Å². The van der Waals surface area contributed by atoms with Crippen LogP contribution < -0.4 is 10.6 Å². The van der Waals surface area contributed by atoms with Crippen LogP contribution in [0.1, 0.15) is 59.8 Å². The molecular formula is C27H43ClN2O7. The first kappa shape index (κ1) is 29.9. The minimum Gasteiger partial charge on any atom is -0.445 e. The van der Waals surface area contributed by atoms with Crippen LogP contribution in [0, 0.1) is 34.0 Å². The molecule has 37 heavy (non-hydrogen) atoms. The Morgan fingerprint density at radius 3 is 2.43 bits per heavy atom. The third kappa shape index (κ3) is 4.81. The first-order valence-electron chi connectivity index (χ1n) is 13.2. The van der Waals surface area contributed by atoms with Crippen LogP contribution in [-0.4, -0.2) is 67.7 Å². The number of hydrogen-bond donors (Lipinski definition) is 3. The van der Waals surface area contributed by atoms with Crippen molar-refractivity contribution in [2.24, 2.45) is 34.0 Å². The van der Waals surface area contributed by atoms with Crippen molar-refractivity contribution in [2.75, 3.05) is 20.2 Å². The second-order valence-corrected chi connectivity index (χ2v) is 12.0. The number of amides is 2. The van der Waals surface area contributed by atoms with Gasteiger partial charge in [-0.2, -0.15) is 0 Å². The zero-order valence-corrected chi connectivity index (χ0v) is 23.4. The zero-order valence-electron chi connectivity index (χ0n) is 22.6. The van der Waals surface area contributed by atoms with E-state index in [9.17, 15) is 19.5 Å². The number of rotatable bonds is 4. The van der Waals surface area contributed by atoms with Crippen molar-refractivity contribution < 1.29 is 33.7 Å². The lowest BCUT2D eigenvalue weighted by atomic mass is 9.44. The SMILES string of the molecule is C=C[C@]1(C)C[C@@H](OC(=O)NC(=O)O[C@H]2CNC[C@@H]2OC)[C@@]2(C)C(C)CC[C@]3(CCC(=O)[C@H]32)[C@@H](C)[C@@H]1O.Cl. The number of carbonyl (C=O) groups is 3. The number of carbonyl (C=O) groups excluding carboxylic acids is 3. The van der Waals surface area contributed by atoms with E-state index in [0.29, 0.717) is 25.9 Å². The highest BCUT2D eigenvalue weighted by Gasteiger charge is 2.68. The number of Topliss-reactive ketones (excluding diaryl/α,β-unsaturated/α-hetero) is 1. The van der Waals surface area contributed by atoms with Crippen molar-refractivity contribution >= 4 is 30.4 Å². The molecule has 1 saturated heterocycles. The molecule has 10 heteroatoms. The lowest BCUT2D eigenvalue weighted by molar-refractivity contribution is -0.191. The fraction of sp³-hybridized carbons (Fsp3) is 0.815. The number of nitrogens with one attached hydrogen (secondary N) is 2. The van der Waals surface area contributed by atoms with Gasteiger partial charge in [-0.3, -0.25) is 4.79 Å². The first-order chi connectivity index (χ1) is 16.9. The van der Waals surface area contributed by atoms with Crippen LogP contribution in [0.5, 0.6) is 0 Å². The summed E-state index contributed by atoms with van der Waals surface area (Å²) in [6.07, 6.45) is 0.862. The lowest BCUT2D eigenvalue weighted by Gasteiger charge is -2.61. The monoisotopic (exact) mass is 542 g/mol. The van der Waals surface area contributed by atoms with E-state index < -0.39 is 41.3 Å². The van der Waals surface area contributed by atoms with E-state index >= 15 is 0 Å². The Labute approximate surface area is 225 Å². The number of ether oxygens (including phenoxy) is 3. The van der Waals surface area contributed by atoms with Gasteiger partial charge in [-0.1, -0.05) is 33.8 Å². The zero-order chi connectivity index (χ0) is 26.5. The van der Waals surface area contributed by atoms with Gasteiger partial charge in [0.2, 0.25) is 0 Å². The molecule has 2 amide bonds. The fourth-order valence-corrected chi connectivity index (χ4v) is 7.89. The maximum Gasteiger partial charge on any atom is 0.417 e. The van der Waals surface area contributed by atoms with Gasteiger partial charge in [0.15, 0.2) is 0 Å². The number of halogens is 1. The molecule has 1 aliphatic heterocycles. The average Bonchev–Trinajstić information content (AvgIpc) is 3.43. The molecule has 4 fully saturated rings. The van der Waals surface area contributed by atoms with Crippen LogP contribution in [0.15, 0.2) is 12.7 Å². The Kier molecular flexibility index (Phi) is 8.74. The predicted molar refractivity (Wildman–Crippen MR) is 139 cm³/mol. The van der Waals surface area contributed by atoms with Crippen LogP contribution in [-0.2, 0) is 19.0 Å². The smallest absolute Gasteiger partial charge is 0.417 e. The van der Waals surface area contributed by atoms with Crippen LogP contribution in [0.25, 0.3) is 0 Å². The number of ketones is 1. The maximum atomic E-state index is 13.4. The van der Waals surface area contributed by atoms with Crippen molar-refractivity contribution in [2.45, 2.75) is 84.2 Å². The molecule has 10 atom stereocenters. The third-order valence-electron chi connectivity index (χ3n) is 10.4.